The molecule has 8 nitrogen and oxygen atoms in total. The lowest BCUT2D eigenvalue weighted by atomic mass is 9.70. The maximum Gasteiger partial charge on any atom is 0.494 e. The Hall–Kier alpha value is -3.96. The average molecular weight is 884 g/mol. The summed E-state index contributed by atoms with van der Waals surface area (Å²) in [4.78, 5) is 0. The third-order valence-corrected chi connectivity index (χ3v) is 16.6. The van der Waals surface area contributed by atoms with Crippen molar-refractivity contribution in [3.63, 3.8) is 0 Å². The van der Waals surface area contributed by atoms with E-state index in [1.54, 1.807) is 0 Å². The first kappa shape index (κ1) is 45.8. The molecule has 4 aliphatic rings. The van der Waals surface area contributed by atoms with Crippen molar-refractivity contribution >= 4 is 82.6 Å². The van der Waals surface area contributed by atoms with Crippen molar-refractivity contribution in [2.75, 3.05) is 0 Å². The predicted octanol–water partition coefficient (Wildman–Crippen LogP) is 9.68. The van der Waals surface area contributed by atoms with E-state index in [2.05, 4.69) is 208 Å². The molecule has 0 atom stereocenters. The summed E-state index contributed by atoms with van der Waals surface area (Å²) in [7, 11) is -2.33. The summed E-state index contributed by atoms with van der Waals surface area (Å²) in [5.74, 6) is 0. The molecule has 0 unspecified atom stereocenters. The molecule has 0 N–H and O–H groups in total. The van der Waals surface area contributed by atoms with Crippen molar-refractivity contribution in [3.05, 3.63) is 97.1 Å². The number of benzene rings is 6. The van der Waals surface area contributed by atoms with E-state index in [0.29, 0.717) is 0 Å². The first-order chi connectivity index (χ1) is 30.6. The number of hydrogen-bond donors (Lipinski definition) is 0. The van der Waals surface area contributed by atoms with Gasteiger partial charge in [0.05, 0.1) is 44.8 Å². The number of hydrogen-bond acceptors (Lipinski definition) is 8. The van der Waals surface area contributed by atoms with Gasteiger partial charge in [0.2, 0.25) is 0 Å². The lowest BCUT2D eigenvalue weighted by molar-refractivity contribution is 0.00578. The first-order valence-corrected chi connectivity index (χ1v) is 23.7. The largest absolute Gasteiger partial charge is 0.494 e. The van der Waals surface area contributed by atoms with Crippen molar-refractivity contribution in [2.45, 2.75) is 156 Å². The summed E-state index contributed by atoms with van der Waals surface area (Å²) in [6, 6.07) is 35.3. The fraction of sp³-hybridized carbons (Fsp3) is 0.444. The van der Waals surface area contributed by atoms with E-state index in [9.17, 15) is 0 Å². The third-order valence-electron chi connectivity index (χ3n) is 16.6. The molecule has 0 aromatic heterocycles. The molecule has 0 aliphatic carbocycles. The second kappa shape index (κ2) is 14.8. The van der Waals surface area contributed by atoms with E-state index in [-0.39, 0.29) is 0 Å². The Morgan fingerprint density at radius 2 is 0.470 bits per heavy atom. The van der Waals surface area contributed by atoms with Gasteiger partial charge in [0.1, 0.15) is 0 Å². The summed E-state index contributed by atoms with van der Waals surface area (Å²) in [6.07, 6.45) is 0. The molecule has 6 aromatic carbocycles. The molecule has 0 bridgehead atoms. The predicted molar refractivity (Wildman–Crippen MR) is 273 cm³/mol. The molecular formula is C54H64B4O8. The van der Waals surface area contributed by atoms with Gasteiger partial charge in [0.25, 0.3) is 0 Å². The van der Waals surface area contributed by atoms with Crippen LogP contribution in [0.1, 0.15) is 111 Å². The normalized spacial score (nSPS) is 23.2. The third kappa shape index (κ3) is 7.24. The zero-order valence-electron chi connectivity index (χ0n) is 41.8. The molecule has 4 fully saturated rings. The lowest BCUT2D eigenvalue weighted by Crippen LogP contribution is -2.41. The quantitative estimate of drug-likeness (QED) is 0.121. The highest BCUT2D eigenvalue weighted by molar-refractivity contribution is 6.67. The smallest absolute Gasteiger partial charge is 0.399 e. The summed E-state index contributed by atoms with van der Waals surface area (Å²) >= 11 is 0. The maximum absolute atomic E-state index is 6.70. The Labute approximate surface area is 393 Å². The fourth-order valence-electron chi connectivity index (χ4n) is 9.55. The van der Waals surface area contributed by atoms with Crippen LogP contribution in [0, 0.1) is 0 Å². The standard InChI is InChI=1S/C54H64B4O8/c1-47(2)48(3,4)60-55(59-47)35-25-33(26-36(29-35)56-61-49(5,6)50(7,8)62-56)43-31-45-42-24-20-18-22-40(42)44(32-46(45)41-23-19-17-21-39(41)43)34-27-37(57-63-51(9,10)52(11,12)64-57)30-38(28-34)58-65-53(13,14)54(15,16)66-58/h17-32H,1-16H3. The number of fused-ring (bicyclic) bond motifs is 5. The van der Waals surface area contributed by atoms with Crippen molar-refractivity contribution in [3.8, 4) is 22.3 Å². The number of rotatable bonds is 6. The highest BCUT2D eigenvalue weighted by Crippen LogP contribution is 2.44. The second-order valence-corrected chi connectivity index (χ2v) is 23.2. The van der Waals surface area contributed by atoms with Gasteiger partial charge in [-0.05, 0) is 199 Å². The lowest BCUT2D eigenvalue weighted by Gasteiger charge is -2.32. The van der Waals surface area contributed by atoms with Gasteiger partial charge >= 0.3 is 28.5 Å². The van der Waals surface area contributed by atoms with Crippen molar-refractivity contribution < 1.29 is 37.2 Å². The summed E-state index contributed by atoms with van der Waals surface area (Å²) in [5, 5.41) is 6.83. The molecule has 4 aliphatic heterocycles. The van der Waals surface area contributed by atoms with Gasteiger partial charge in [-0.3, -0.25) is 0 Å². The van der Waals surface area contributed by atoms with Crippen LogP contribution in [-0.4, -0.2) is 73.3 Å². The zero-order chi connectivity index (χ0) is 47.4. The molecule has 4 heterocycles. The maximum atomic E-state index is 6.70. The van der Waals surface area contributed by atoms with Crippen LogP contribution in [-0.2, 0) is 37.2 Å². The SMILES string of the molecule is CC1(C)OB(c2cc(B3OC(C)(C)C(C)(C)O3)cc(-c3cc4c5ccccc5c(-c5cc(B6OC(C)(C)C(C)(C)O6)cc(B6OC(C)(C)C(C)(C)O6)c5)cc4c4ccccc34)c2)OC1(C)C. The van der Waals surface area contributed by atoms with E-state index >= 15 is 0 Å². The van der Waals surface area contributed by atoms with E-state index < -0.39 is 73.3 Å². The molecule has 0 radical (unpaired) electrons. The first-order valence-electron chi connectivity index (χ1n) is 23.7. The van der Waals surface area contributed by atoms with Crippen LogP contribution < -0.4 is 21.9 Å². The van der Waals surface area contributed by atoms with Crippen LogP contribution in [0.5, 0.6) is 0 Å². The van der Waals surface area contributed by atoms with Gasteiger partial charge in [-0.1, -0.05) is 84.9 Å². The molecule has 12 heteroatoms. The molecule has 66 heavy (non-hydrogen) atoms. The molecule has 0 amide bonds. The highest BCUT2D eigenvalue weighted by Gasteiger charge is 2.56. The van der Waals surface area contributed by atoms with Gasteiger partial charge in [0, 0.05) is 0 Å². The van der Waals surface area contributed by atoms with Crippen molar-refractivity contribution in [1.82, 2.24) is 0 Å². The van der Waals surface area contributed by atoms with Crippen LogP contribution in [0.25, 0.3) is 54.6 Å². The van der Waals surface area contributed by atoms with Gasteiger partial charge in [0.15, 0.2) is 0 Å². The van der Waals surface area contributed by atoms with E-state index in [1.807, 2.05) is 0 Å². The van der Waals surface area contributed by atoms with E-state index in [1.165, 1.54) is 0 Å². The van der Waals surface area contributed by atoms with Gasteiger partial charge in [-0.2, -0.15) is 0 Å². The zero-order valence-corrected chi connectivity index (χ0v) is 41.8. The molecule has 4 saturated heterocycles. The Morgan fingerprint density at radius 1 is 0.258 bits per heavy atom. The summed E-state index contributed by atoms with van der Waals surface area (Å²) in [5.41, 5.74) is 3.80. The highest BCUT2D eigenvalue weighted by atomic mass is 16.7. The monoisotopic (exact) mass is 884 g/mol. The minimum Gasteiger partial charge on any atom is -0.399 e. The Kier molecular flexibility index (Phi) is 10.3. The van der Waals surface area contributed by atoms with Crippen LogP contribution >= 0.6 is 0 Å². The molecule has 10 rings (SSSR count). The summed E-state index contributed by atoms with van der Waals surface area (Å²) in [6.45, 7) is 33.5. The van der Waals surface area contributed by atoms with Crippen LogP contribution in [0.2, 0.25) is 0 Å². The minimum atomic E-state index is -0.582. The molecule has 0 saturated carbocycles. The van der Waals surface area contributed by atoms with Gasteiger partial charge < -0.3 is 37.2 Å². The van der Waals surface area contributed by atoms with Crippen molar-refractivity contribution in [1.29, 1.82) is 0 Å². The van der Waals surface area contributed by atoms with E-state index in [0.717, 1.165) is 76.4 Å². The topological polar surface area (TPSA) is 73.8 Å². The Morgan fingerprint density at radius 3 is 0.697 bits per heavy atom. The minimum absolute atomic E-state index is 0.515. The van der Waals surface area contributed by atoms with E-state index in [4.69, 9.17) is 37.2 Å². The molecular weight excluding hydrogens is 820 g/mol. The van der Waals surface area contributed by atoms with Gasteiger partial charge in [-0.25, -0.2) is 0 Å². The van der Waals surface area contributed by atoms with Crippen LogP contribution in [0.15, 0.2) is 97.1 Å². The fourth-order valence-corrected chi connectivity index (χ4v) is 9.55. The Bertz CT molecular complexity index is 2580. The molecule has 0 spiro atoms. The second-order valence-electron chi connectivity index (χ2n) is 23.2. The molecule has 340 valence electrons. The summed E-state index contributed by atoms with van der Waals surface area (Å²) < 4.78 is 53.6. The van der Waals surface area contributed by atoms with Crippen LogP contribution in [0.3, 0.4) is 0 Å². The van der Waals surface area contributed by atoms with Gasteiger partial charge in [-0.15, -0.1) is 0 Å². The average Bonchev–Trinajstić information content (AvgIpc) is 3.79. The Balaban J connectivity index is 1.18. The van der Waals surface area contributed by atoms with Crippen LogP contribution in [0.4, 0.5) is 0 Å². The van der Waals surface area contributed by atoms with Crippen molar-refractivity contribution in [2.24, 2.45) is 0 Å². The molecule has 6 aromatic rings.